The van der Waals surface area contributed by atoms with E-state index in [1.807, 2.05) is 0 Å². The smallest absolute Gasteiger partial charge is 0.328 e. The number of H-pyrrole nitrogens is 1. The highest BCUT2D eigenvalue weighted by Crippen LogP contribution is 2.24. The van der Waals surface area contributed by atoms with E-state index in [2.05, 4.69) is 15.0 Å². The second-order valence-corrected chi connectivity index (χ2v) is 7.12. The maximum atomic E-state index is 12.6. The topological polar surface area (TPSA) is 186 Å². The van der Waals surface area contributed by atoms with E-state index in [0.717, 1.165) is 0 Å². The van der Waals surface area contributed by atoms with Crippen molar-refractivity contribution in [3.8, 4) is 11.8 Å². The van der Waals surface area contributed by atoms with Crippen LogP contribution in [0.25, 0.3) is 11.2 Å². The number of nitrogens with one attached hydrogen (secondary N) is 1. The molecule has 13 nitrogen and oxygen atoms in total. The monoisotopic (exact) mass is 460 g/mol. The van der Waals surface area contributed by atoms with Gasteiger partial charge in [-0.3, -0.25) is 19.1 Å². The number of anilines is 1. The van der Waals surface area contributed by atoms with E-state index in [1.165, 1.54) is 16.6 Å². The van der Waals surface area contributed by atoms with Gasteiger partial charge in [0.25, 0.3) is 0 Å². The van der Waals surface area contributed by atoms with Crippen molar-refractivity contribution < 1.29 is 29.3 Å². The number of hydrogen-bond donors (Lipinski definition) is 4. The van der Waals surface area contributed by atoms with E-state index >= 15 is 0 Å². The fourth-order valence-electron chi connectivity index (χ4n) is 3.37. The molecule has 0 fully saturated rings. The second kappa shape index (κ2) is 9.99. The molecule has 0 saturated heterocycles. The van der Waals surface area contributed by atoms with Crippen molar-refractivity contribution in [2.24, 2.45) is 0 Å². The molecule has 33 heavy (non-hydrogen) atoms. The maximum absolute atomic E-state index is 12.6. The summed E-state index contributed by atoms with van der Waals surface area (Å²) >= 11 is 0. The molecule has 3 rings (SSSR count). The molecule has 0 aliphatic heterocycles. The van der Waals surface area contributed by atoms with E-state index in [1.54, 1.807) is 25.1 Å². The van der Waals surface area contributed by atoms with Crippen molar-refractivity contribution >= 4 is 28.9 Å². The number of rotatable bonds is 11. The number of carbonyl (C=O) groups is 2. The number of aliphatic carboxylic acids is 2. The number of carboxylic acid groups (broad SMARTS) is 2. The molecule has 0 aliphatic carbocycles. The molecule has 0 saturated carbocycles. The van der Waals surface area contributed by atoms with Gasteiger partial charge in [0, 0.05) is 12.1 Å². The molecular weight excluding hydrogens is 436 g/mol. The third kappa shape index (κ3) is 5.57. The van der Waals surface area contributed by atoms with Crippen LogP contribution in [0.5, 0.6) is 11.8 Å². The molecule has 0 aliphatic rings. The lowest BCUT2D eigenvalue weighted by atomic mass is 10.1. The predicted octanol–water partition coefficient (Wildman–Crippen LogP) is 0.129. The number of aromatic amines is 1. The molecule has 176 valence electrons. The third-order valence-corrected chi connectivity index (χ3v) is 4.71. The Labute approximate surface area is 187 Å². The summed E-state index contributed by atoms with van der Waals surface area (Å²) in [7, 11) is 1.46. The van der Waals surface area contributed by atoms with Gasteiger partial charge in [0.15, 0.2) is 11.5 Å². The van der Waals surface area contributed by atoms with Crippen molar-refractivity contribution in [3.05, 3.63) is 39.8 Å². The van der Waals surface area contributed by atoms with Gasteiger partial charge < -0.3 is 30.4 Å². The van der Waals surface area contributed by atoms with Crippen LogP contribution in [0.3, 0.4) is 0 Å². The third-order valence-electron chi connectivity index (χ3n) is 4.71. The average molecular weight is 460 g/mol. The van der Waals surface area contributed by atoms with E-state index in [4.69, 9.17) is 25.4 Å². The van der Waals surface area contributed by atoms with Crippen LogP contribution < -0.4 is 20.9 Å². The number of hydrogen-bond acceptors (Lipinski definition) is 9. The van der Waals surface area contributed by atoms with E-state index in [-0.39, 0.29) is 36.1 Å². The van der Waals surface area contributed by atoms with Crippen LogP contribution >= 0.6 is 0 Å². The molecule has 3 aromatic rings. The molecule has 13 heteroatoms. The predicted molar refractivity (Wildman–Crippen MR) is 116 cm³/mol. The molecule has 0 amide bonds. The highest BCUT2D eigenvalue weighted by molar-refractivity contribution is 5.82. The van der Waals surface area contributed by atoms with Crippen LogP contribution in [-0.2, 0) is 22.7 Å². The number of benzene rings is 1. The van der Waals surface area contributed by atoms with Gasteiger partial charge in [0.2, 0.25) is 0 Å². The van der Waals surface area contributed by atoms with Gasteiger partial charge in [-0.15, -0.1) is 0 Å². The molecule has 0 unspecified atom stereocenters. The van der Waals surface area contributed by atoms with Crippen LogP contribution in [0.2, 0.25) is 0 Å². The van der Waals surface area contributed by atoms with Crippen molar-refractivity contribution in [2.75, 3.05) is 32.5 Å². The Morgan fingerprint density at radius 3 is 2.52 bits per heavy atom. The average Bonchev–Trinajstić information content (AvgIpc) is 3.04. The van der Waals surface area contributed by atoms with Gasteiger partial charge in [-0.1, -0.05) is 12.1 Å². The number of ether oxygens (including phenoxy) is 2. The number of nitrogens with two attached hydrogens (primary N) is 1. The lowest BCUT2D eigenvalue weighted by Gasteiger charge is -2.19. The lowest BCUT2D eigenvalue weighted by molar-refractivity contribution is -0.142. The summed E-state index contributed by atoms with van der Waals surface area (Å²) in [4.78, 5) is 46.8. The van der Waals surface area contributed by atoms with Crippen LogP contribution in [0, 0.1) is 0 Å². The van der Waals surface area contributed by atoms with Crippen LogP contribution in [0.1, 0.15) is 18.1 Å². The first-order valence-electron chi connectivity index (χ1n) is 9.92. The summed E-state index contributed by atoms with van der Waals surface area (Å²) in [6, 6.07) is 5.15. The lowest BCUT2D eigenvalue weighted by Crippen LogP contribution is -2.34. The van der Waals surface area contributed by atoms with Gasteiger partial charge in [-0.25, -0.2) is 4.79 Å². The molecule has 0 atom stereocenters. The van der Waals surface area contributed by atoms with Gasteiger partial charge in [0.1, 0.15) is 11.3 Å². The zero-order chi connectivity index (χ0) is 24.1. The summed E-state index contributed by atoms with van der Waals surface area (Å²) in [5, 5.41) is 18.1. The van der Waals surface area contributed by atoms with E-state index in [9.17, 15) is 14.4 Å². The van der Waals surface area contributed by atoms with E-state index in [0.29, 0.717) is 23.5 Å². The fraction of sp³-hybridized carbons (Fsp3) is 0.350. The van der Waals surface area contributed by atoms with Crippen LogP contribution in [0.15, 0.2) is 23.0 Å². The number of methoxy groups -OCH3 is 1. The Kier molecular flexibility index (Phi) is 7.13. The van der Waals surface area contributed by atoms with E-state index < -0.39 is 30.7 Å². The summed E-state index contributed by atoms with van der Waals surface area (Å²) in [6.45, 7) is 1.43. The first kappa shape index (κ1) is 23.5. The SMILES string of the molecule is CCOc1nc(N)c2[nH]c(=O)n(Cc3ccc(CN(CC(=O)O)CC(=O)O)cc3OC)c2n1. The molecule has 5 N–H and O–H groups in total. The van der Waals surface area contributed by atoms with Gasteiger partial charge in [-0.2, -0.15) is 9.97 Å². The highest BCUT2D eigenvalue weighted by atomic mass is 16.5. The van der Waals surface area contributed by atoms with Crippen molar-refractivity contribution in [3.63, 3.8) is 0 Å². The molecule has 2 aromatic heterocycles. The summed E-state index contributed by atoms with van der Waals surface area (Å²) in [5.74, 6) is -1.75. The Balaban J connectivity index is 1.92. The van der Waals surface area contributed by atoms with Crippen LogP contribution in [-0.4, -0.2) is 73.4 Å². The summed E-state index contributed by atoms with van der Waals surface area (Å²) < 4.78 is 12.1. The Bertz CT molecular complexity index is 1220. The standard InChI is InChI=1S/C20H24N6O7/c1-3-33-19-23-17(21)16-18(24-19)26(20(31)22-16)8-12-5-4-11(6-13(12)32-2)7-25(9-14(27)28)10-15(29)30/h4-6H,3,7-10H2,1-2H3,(H,22,31)(H,27,28)(H,29,30)(H2,21,23,24). The number of aromatic nitrogens is 4. The highest BCUT2D eigenvalue weighted by Gasteiger charge is 2.18. The Morgan fingerprint density at radius 2 is 1.91 bits per heavy atom. The van der Waals surface area contributed by atoms with Crippen LogP contribution in [0.4, 0.5) is 5.82 Å². The first-order valence-corrected chi connectivity index (χ1v) is 9.92. The minimum Gasteiger partial charge on any atom is -0.496 e. The zero-order valence-corrected chi connectivity index (χ0v) is 18.1. The quantitative estimate of drug-likeness (QED) is 0.305. The summed E-state index contributed by atoms with van der Waals surface area (Å²) in [5.41, 5.74) is 7.33. The van der Waals surface area contributed by atoms with Gasteiger partial charge in [0.05, 0.1) is 33.4 Å². The molecular formula is C20H24N6O7. The molecule has 0 radical (unpaired) electrons. The Hall–Kier alpha value is -4.13. The number of imidazole rings is 1. The molecule has 0 spiro atoms. The van der Waals surface area contributed by atoms with Gasteiger partial charge in [-0.05, 0) is 18.6 Å². The van der Waals surface area contributed by atoms with Crippen molar-refractivity contribution in [1.29, 1.82) is 0 Å². The Morgan fingerprint density at radius 1 is 1.21 bits per heavy atom. The maximum Gasteiger partial charge on any atom is 0.328 e. The van der Waals surface area contributed by atoms with Crippen molar-refractivity contribution in [2.45, 2.75) is 20.0 Å². The minimum absolute atomic E-state index is 0.0505. The fourth-order valence-corrected chi connectivity index (χ4v) is 3.37. The number of nitrogen functional groups attached to an aromatic ring is 1. The van der Waals surface area contributed by atoms with Crippen molar-refractivity contribution in [1.82, 2.24) is 24.4 Å². The number of fused-ring (bicyclic) bond motifs is 1. The van der Waals surface area contributed by atoms with Gasteiger partial charge >= 0.3 is 23.6 Å². The second-order valence-electron chi connectivity index (χ2n) is 7.12. The number of carboxylic acids is 2. The summed E-state index contributed by atoms with van der Waals surface area (Å²) in [6.07, 6.45) is 0. The molecule has 0 bridgehead atoms. The molecule has 1 aromatic carbocycles. The minimum atomic E-state index is -1.13. The zero-order valence-electron chi connectivity index (χ0n) is 18.1. The first-order chi connectivity index (χ1) is 15.7. The normalized spacial score (nSPS) is 11.1. The molecule has 2 heterocycles. The number of nitrogens with zero attached hydrogens (tertiary/aromatic N) is 4. The largest absolute Gasteiger partial charge is 0.496 e.